The van der Waals surface area contributed by atoms with Crippen molar-refractivity contribution in [3.63, 3.8) is 0 Å². The molecule has 0 saturated carbocycles. The molecule has 0 radical (unpaired) electrons. The molecule has 1 aliphatic rings. The molecule has 1 N–H and O–H groups in total. The quantitative estimate of drug-likeness (QED) is 0.838. The number of amides is 1. The zero-order chi connectivity index (χ0) is 15.1. The zero-order valence-electron chi connectivity index (χ0n) is 12.6. The molecule has 5 heteroatoms. The van der Waals surface area contributed by atoms with Crippen molar-refractivity contribution in [1.29, 1.82) is 0 Å². The molecule has 0 aliphatic heterocycles. The van der Waals surface area contributed by atoms with E-state index in [9.17, 15) is 4.79 Å². The monoisotopic (exact) mass is 290 g/mol. The summed E-state index contributed by atoms with van der Waals surface area (Å²) < 4.78 is 10.7. The maximum Gasteiger partial charge on any atom is 0.273 e. The van der Waals surface area contributed by atoms with E-state index in [0.717, 1.165) is 12.8 Å². The van der Waals surface area contributed by atoms with Gasteiger partial charge in [-0.2, -0.15) is 0 Å². The fraction of sp³-hybridized carbons (Fsp3) is 0.500. The second kappa shape index (κ2) is 7.78. The molecule has 0 atom stereocenters. The van der Waals surface area contributed by atoms with E-state index >= 15 is 0 Å². The predicted octanol–water partition coefficient (Wildman–Crippen LogP) is 2.85. The number of ether oxygens (including phenoxy) is 1. The smallest absolute Gasteiger partial charge is 0.273 e. The Hall–Kier alpha value is -1.88. The minimum Gasteiger partial charge on any atom is -0.369 e. The van der Waals surface area contributed by atoms with Gasteiger partial charge in [-0.15, -0.1) is 0 Å². The van der Waals surface area contributed by atoms with Crippen molar-refractivity contribution in [3.8, 4) is 0 Å². The zero-order valence-corrected chi connectivity index (χ0v) is 12.6. The molecule has 1 aliphatic carbocycles. The number of allylic oxidation sites excluding steroid dienone is 2. The number of aromatic nitrogens is 1. The first-order valence-electron chi connectivity index (χ1n) is 7.32. The molecule has 0 bridgehead atoms. The molecule has 1 heterocycles. The van der Waals surface area contributed by atoms with Crippen LogP contribution >= 0.6 is 0 Å². The molecule has 0 aromatic carbocycles. The highest BCUT2D eigenvalue weighted by Crippen LogP contribution is 2.11. The van der Waals surface area contributed by atoms with Crippen molar-refractivity contribution < 1.29 is 14.1 Å². The third kappa shape index (κ3) is 5.19. The Kier molecular flexibility index (Phi) is 5.75. The molecule has 0 fully saturated rings. The van der Waals surface area contributed by atoms with E-state index in [-0.39, 0.29) is 5.91 Å². The maximum atomic E-state index is 11.8. The van der Waals surface area contributed by atoms with Gasteiger partial charge in [-0.1, -0.05) is 37.2 Å². The Labute approximate surface area is 125 Å². The van der Waals surface area contributed by atoms with Crippen LogP contribution in [0.2, 0.25) is 0 Å². The van der Waals surface area contributed by atoms with Crippen LogP contribution in [0.3, 0.4) is 0 Å². The topological polar surface area (TPSA) is 64.4 Å². The highest BCUT2D eigenvalue weighted by Gasteiger charge is 2.12. The first kappa shape index (κ1) is 15.5. The van der Waals surface area contributed by atoms with Crippen LogP contribution < -0.4 is 5.32 Å². The summed E-state index contributed by atoms with van der Waals surface area (Å²) in [6, 6.07) is 1.63. The molecule has 0 unspecified atom stereocenters. The maximum absolute atomic E-state index is 11.8. The molecule has 5 nitrogen and oxygen atoms in total. The summed E-state index contributed by atoms with van der Waals surface area (Å²) in [6.07, 6.45) is 8.56. The summed E-state index contributed by atoms with van der Waals surface area (Å²) in [5, 5.41) is 6.56. The Balaban J connectivity index is 1.76. The first-order valence-corrected chi connectivity index (χ1v) is 7.32. The van der Waals surface area contributed by atoms with E-state index in [1.807, 2.05) is 13.8 Å². The Morgan fingerprint density at radius 3 is 3.00 bits per heavy atom. The molecular formula is C16H22N2O3. The van der Waals surface area contributed by atoms with Crippen LogP contribution in [0.1, 0.15) is 42.9 Å². The number of hydrogen-bond acceptors (Lipinski definition) is 4. The lowest BCUT2D eigenvalue weighted by molar-refractivity contribution is 0.0938. The molecule has 1 aromatic heterocycles. The standard InChI is InChI=1S/C16H22N2O3/c1-12(2)9-17-16(19)15-8-14(21-18-15)11-20-10-13-6-4-3-5-7-13/h4,6-8,12H,3,5,9-11H2,1-2H3,(H,17,19). The SMILES string of the molecule is CC(C)CNC(=O)c1cc(COCC2=CCCC=C2)on1. The van der Waals surface area contributed by atoms with Gasteiger partial charge in [0.15, 0.2) is 11.5 Å². The van der Waals surface area contributed by atoms with Gasteiger partial charge < -0.3 is 14.6 Å². The predicted molar refractivity (Wildman–Crippen MR) is 79.8 cm³/mol. The Morgan fingerprint density at radius 1 is 1.43 bits per heavy atom. The third-order valence-electron chi connectivity index (χ3n) is 3.05. The van der Waals surface area contributed by atoms with Gasteiger partial charge in [0, 0.05) is 12.6 Å². The highest BCUT2D eigenvalue weighted by atomic mass is 16.5. The van der Waals surface area contributed by atoms with Crippen LogP contribution in [0.25, 0.3) is 0 Å². The average Bonchev–Trinajstić information content (AvgIpc) is 2.95. The average molecular weight is 290 g/mol. The summed E-state index contributed by atoms with van der Waals surface area (Å²) in [5.41, 5.74) is 1.47. The van der Waals surface area contributed by atoms with Gasteiger partial charge in [0.25, 0.3) is 5.91 Å². The highest BCUT2D eigenvalue weighted by molar-refractivity contribution is 5.92. The van der Waals surface area contributed by atoms with E-state index < -0.39 is 0 Å². The van der Waals surface area contributed by atoms with Crippen LogP contribution in [-0.4, -0.2) is 24.2 Å². The molecule has 0 saturated heterocycles. The number of carbonyl (C=O) groups is 1. The largest absolute Gasteiger partial charge is 0.369 e. The molecule has 1 amide bonds. The van der Waals surface area contributed by atoms with Crippen molar-refractivity contribution in [2.45, 2.75) is 33.3 Å². The minimum absolute atomic E-state index is 0.211. The molecular weight excluding hydrogens is 268 g/mol. The summed E-state index contributed by atoms with van der Waals surface area (Å²) in [7, 11) is 0. The van der Waals surface area contributed by atoms with E-state index in [0.29, 0.717) is 37.1 Å². The van der Waals surface area contributed by atoms with Crippen molar-refractivity contribution >= 4 is 5.91 Å². The Morgan fingerprint density at radius 2 is 2.29 bits per heavy atom. The van der Waals surface area contributed by atoms with Gasteiger partial charge in [0.05, 0.1) is 6.61 Å². The van der Waals surface area contributed by atoms with Crippen molar-refractivity contribution in [2.24, 2.45) is 5.92 Å². The number of nitrogens with zero attached hydrogens (tertiary/aromatic N) is 1. The summed E-state index contributed by atoms with van der Waals surface area (Å²) in [4.78, 5) is 11.8. The van der Waals surface area contributed by atoms with E-state index in [4.69, 9.17) is 9.26 Å². The molecule has 2 rings (SSSR count). The van der Waals surface area contributed by atoms with Gasteiger partial charge in [0.1, 0.15) is 6.61 Å². The minimum atomic E-state index is -0.211. The number of hydrogen-bond donors (Lipinski definition) is 1. The van der Waals surface area contributed by atoms with Crippen molar-refractivity contribution in [2.75, 3.05) is 13.2 Å². The van der Waals surface area contributed by atoms with Crippen LogP contribution in [0.15, 0.2) is 34.4 Å². The fourth-order valence-corrected chi connectivity index (χ4v) is 1.92. The molecule has 21 heavy (non-hydrogen) atoms. The second-order valence-corrected chi connectivity index (χ2v) is 5.53. The van der Waals surface area contributed by atoms with E-state index in [1.54, 1.807) is 6.07 Å². The van der Waals surface area contributed by atoms with Crippen LogP contribution in [-0.2, 0) is 11.3 Å². The van der Waals surface area contributed by atoms with E-state index in [2.05, 4.69) is 28.7 Å². The van der Waals surface area contributed by atoms with Crippen LogP contribution in [0.5, 0.6) is 0 Å². The number of carbonyl (C=O) groups excluding carboxylic acids is 1. The molecule has 1 aromatic rings. The van der Waals surface area contributed by atoms with Gasteiger partial charge in [0.2, 0.25) is 0 Å². The summed E-state index contributed by atoms with van der Waals surface area (Å²) in [5.74, 6) is 0.752. The lowest BCUT2D eigenvalue weighted by Gasteiger charge is -2.06. The fourth-order valence-electron chi connectivity index (χ4n) is 1.92. The third-order valence-corrected chi connectivity index (χ3v) is 3.05. The normalized spacial score (nSPS) is 14.3. The van der Waals surface area contributed by atoms with Gasteiger partial charge in [-0.05, 0) is 24.3 Å². The second-order valence-electron chi connectivity index (χ2n) is 5.53. The van der Waals surface area contributed by atoms with Crippen LogP contribution in [0.4, 0.5) is 0 Å². The molecule has 114 valence electrons. The summed E-state index contributed by atoms with van der Waals surface area (Å²) >= 11 is 0. The van der Waals surface area contributed by atoms with Gasteiger partial charge in [-0.3, -0.25) is 4.79 Å². The first-order chi connectivity index (χ1) is 10.1. The summed E-state index contributed by atoms with van der Waals surface area (Å²) in [6.45, 7) is 5.56. The van der Waals surface area contributed by atoms with Crippen molar-refractivity contribution in [3.05, 3.63) is 41.3 Å². The van der Waals surface area contributed by atoms with Crippen molar-refractivity contribution in [1.82, 2.24) is 10.5 Å². The Bertz CT molecular complexity index is 529. The van der Waals surface area contributed by atoms with Gasteiger partial charge >= 0.3 is 0 Å². The van der Waals surface area contributed by atoms with E-state index in [1.165, 1.54) is 5.57 Å². The number of nitrogens with one attached hydrogen (secondary N) is 1. The lowest BCUT2D eigenvalue weighted by Crippen LogP contribution is -2.27. The lowest BCUT2D eigenvalue weighted by atomic mass is 10.1. The van der Waals surface area contributed by atoms with Crippen LogP contribution in [0, 0.1) is 5.92 Å². The molecule has 0 spiro atoms. The number of rotatable bonds is 7. The van der Waals surface area contributed by atoms with Gasteiger partial charge in [-0.25, -0.2) is 0 Å².